The molecular weight excluding hydrogens is 354 g/mol. The van der Waals surface area contributed by atoms with E-state index >= 15 is 0 Å². The highest BCUT2D eigenvalue weighted by Crippen LogP contribution is 2.31. The first-order valence-electron chi connectivity index (χ1n) is 9.20. The van der Waals surface area contributed by atoms with Gasteiger partial charge in [0.05, 0.1) is 7.11 Å². The monoisotopic (exact) mass is 381 g/mol. The second-order valence-corrected chi connectivity index (χ2v) is 7.08. The molecule has 1 unspecified atom stereocenters. The van der Waals surface area contributed by atoms with E-state index in [1.54, 1.807) is 13.3 Å². The third-order valence-electron chi connectivity index (χ3n) is 4.40. The van der Waals surface area contributed by atoms with E-state index in [4.69, 9.17) is 4.74 Å². The molecule has 0 aliphatic rings. The fourth-order valence-corrected chi connectivity index (χ4v) is 2.87. The van der Waals surface area contributed by atoms with Crippen LogP contribution in [0.1, 0.15) is 43.0 Å². The van der Waals surface area contributed by atoms with Gasteiger partial charge in [-0.1, -0.05) is 32.0 Å². The number of hydrogen-bond donors (Lipinski definition) is 1. The Morgan fingerprint density at radius 1 is 1.11 bits per heavy atom. The second kappa shape index (κ2) is 8.24. The van der Waals surface area contributed by atoms with Crippen LogP contribution >= 0.6 is 0 Å². The lowest BCUT2D eigenvalue weighted by Gasteiger charge is -2.22. The minimum atomic E-state index is -0.284. The van der Waals surface area contributed by atoms with Crippen LogP contribution in [-0.2, 0) is 7.05 Å². The zero-order valence-electron chi connectivity index (χ0n) is 17.2. The molecule has 8 heteroatoms. The highest BCUT2D eigenvalue weighted by Gasteiger charge is 2.24. The molecule has 0 aliphatic carbocycles. The lowest BCUT2D eigenvalue weighted by molar-refractivity contribution is 0.408. The van der Waals surface area contributed by atoms with Gasteiger partial charge in [0.15, 0.2) is 0 Å². The Balaban J connectivity index is 2.09. The largest absolute Gasteiger partial charge is 0.496 e. The topological polar surface area (TPSA) is 81.0 Å². The molecule has 28 heavy (non-hydrogen) atoms. The molecular formula is C20H27N7O. The van der Waals surface area contributed by atoms with Crippen LogP contribution < -0.4 is 15.0 Å². The highest BCUT2D eigenvalue weighted by atomic mass is 16.5. The molecule has 0 saturated carbocycles. The molecule has 1 N–H and O–H groups in total. The standard InChI is InChI=1S/C20H27N7O/c1-13(2)17-23-19(25-20(24-17)26(3)4)22-16(18-21-11-12-27(18)5)14-9-7-8-10-15(14)28-6/h7-13,16H,1-6H3,(H,22,23,24,25). The number of nitrogens with one attached hydrogen (secondary N) is 1. The molecule has 148 valence electrons. The van der Waals surface area contributed by atoms with Crippen molar-refractivity contribution in [1.82, 2.24) is 24.5 Å². The third kappa shape index (κ3) is 4.05. The summed E-state index contributed by atoms with van der Waals surface area (Å²) in [5, 5.41) is 3.45. The number of para-hydroxylation sites is 1. The molecule has 0 saturated heterocycles. The summed E-state index contributed by atoms with van der Waals surface area (Å²) in [6.07, 6.45) is 3.69. The second-order valence-electron chi connectivity index (χ2n) is 7.08. The Hall–Kier alpha value is -3.16. The van der Waals surface area contributed by atoms with Gasteiger partial charge in [0.25, 0.3) is 0 Å². The number of ether oxygens (including phenoxy) is 1. The zero-order valence-corrected chi connectivity index (χ0v) is 17.2. The number of methoxy groups -OCH3 is 1. The van der Waals surface area contributed by atoms with E-state index in [0.717, 1.165) is 23.0 Å². The highest BCUT2D eigenvalue weighted by molar-refractivity contribution is 5.46. The van der Waals surface area contributed by atoms with Crippen molar-refractivity contribution in [2.75, 3.05) is 31.4 Å². The number of aryl methyl sites for hydroxylation is 1. The summed E-state index contributed by atoms with van der Waals surface area (Å²) < 4.78 is 7.56. The van der Waals surface area contributed by atoms with Gasteiger partial charge in [-0.2, -0.15) is 15.0 Å². The summed E-state index contributed by atoms with van der Waals surface area (Å²) in [5.74, 6) is 3.64. The molecule has 0 fully saturated rings. The Morgan fingerprint density at radius 2 is 1.86 bits per heavy atom. The van der Waals surface area contributed by atoms with Crippen LogP contribution in [0.2, 0.25) is 0 Å². The van der Waals surface area contributed by atoms with E-state index in [1.165, 1.54) is 0 Å². The Bertz CT molecular complexity index is 910. The number of nitrogens with zero attached hydrogens (tertiary/aromatic N) is 6. The van der Waals surface area contributed by atoms with Crippen LogP contribution in [0, 0.1) is 0 Å². The summed E-state index contributed by atoms with van der Waals surface area (Å²) in [5.41, 5.74) is 0.956. The van der Waals surface area contributed by atoms with Gasteiger partial charge in [0.1, 0.15) is 23.4 Å². The maximum Gasteiger partial charge on any atom is 0.229 e. The number of rotatable bonds is 7. The van der Waals surface area contributed by atoms with E-state index in [2.05, 4.69) is 39.1 Å². The summed E-state index contributed by atoms with van der Waals surface area (Å²) in [6, 6.07) is 7.59. The first-order valence-corrected chi connectivity index (χ1v) is 9.20. The van der Waals surface area contributed by atoms with E-state index in [9.17, 15) is 0 Å². The molecule has 3 aromatic rings. The average molecular weight is 381 g/mol. The van der Waals surface area contributed by atoms with Gasteiger partial charge >= 0.3 is 0 Å². The molecule has 2 heterocycles. The van der Waals surface area contributed by atoms with Crippen molar-refractivity contribution in [2.45, 2.75) is 25.8 Å². The number of hydrogen-bond acceptors (Lipinski definition) is 7. The van der Waals surface area contributed by atoms with Gasteiger partial charge in [-0.05, 0) is 6.07 Å². The normalized spacial score (nSPS) is 12.1. The summed E-state index contributed by atoms with van der Waals surface area (Å²) in [6.45, 7) is 4.13. The number of imidazole rings is 1. The van der Waals surface area contributed by atoms with Gasteiger partial charge in [0.2, 0.25) is 11.9 Å². The lowest BCUT2D eigenvalue weighted by atomic mass is 10.0. The van der Waals surface area contributed by atoms with Gasteiger partial charge < -0.3 is 19.5 Å². The minimum absolute atomic E-state index is 0.181. The van der Waals surface area contributed by atoms with E-state index in [-0.39, 0.29) is 12.0 Å². The predicted octanol–water partition coefficient (Wildman–Crippen LogP) is 3.00. The lowest BCUT2D eigenvalue weighted by Crippen LogP contribution is -2.22. The zero-order chi connectivity index (χ0) is 20.3. The predicted molar refractivity (Wildman–Crippen MR) is 110 cm³/mol. The maximum absolute atomic E-state index is 5.59. The molecule has 0 bridgehead atoms. The number of anilines is 2. The first-order chi connectivity index (χ1) is 13.4. The van der Waals surface area contributed by atoms with E-state index in [1.807, 2.05) is 61.1 Å². The van der Waals surface area contributed by atoms with Crippen molar-refractivity contribution in [1.29, 1.82) is 0 Å². The van der Waals surface area contributed by atoms with E-state index in [0.29, 0.717) is 11.9 Å². The average Bonchev–Trinajstić information content (AvgIpc) is 3.11. The van der Waals surface area contributed by atoms with Gasteiger partial charge in [-0.15, -0.1) is 0 Å². The Labute approximate surface area is 165 Å². The molecule has 3 rings (SSSR count). The van der Waals surface area contributed by atoms with Crippen molar-refractivity contribution in [3.05, 3.63) is 53.9 Å². The fraction of sp³-hybridized carbons (Fsp3) is 0.400. The van der Waals surface area contributed by atoms with Gasteiger partial charge in [0, 0.05) is 45.0 Å². The van der Waals surface area contributed by atoms with E-state index < -0.39 is 0 Å². The third-order valence-corrected chi connectivity index (χ3v) is 4.40. The fourth-order valence-electron chi connectivity index (χ4n) is 2.87. The summed E-state index contributed by atoms with van der Waals surface area (Å²) >= 11 is 0. The van der Waals surface area contributed by atoms with Crippen molar-refractivity contribution < 1.29 is 4.74 Å². The van der Waals surface area contributed by atoms with Crippen LogP contribution in [0.5, 0.6) is 5.75 Å². The Kier molecular flexibility index (Phi) is 5.77. The maximum atomic E-state index is 5.59. The summed E-state index contributed by atoms with van der Waals surface area (Å²) in [4.78, 5) is 20.2. The quantitative estimate of drug-likeness (QED) is 0.674. The van der Waals surface area contributed by atoms with Crippen LogP contribution in [0.15, 0.2) is 36.7 Å². The van der Waals surface area contributed by atoms with Gasteiger partial charge in [-0.25, -0.2) is 4.98 Å². The molecule has 0 radical (unpaired) electrons. The minimum Gasteiger partial charge on any atom is -0.496 e. The number of aromatic nitrogens is 5. The summed E-state index contributed by atoms with van der Waals surface area (Å²) in [7, 11) is 7.46. The van der Waals surface area contributed by atoms with Crippen LogP contribution in [0.4, 0.5) is 11.9 Å². The van der Waals surface area contributed by atoms with Crippen LogP contribution in [0.25, 0.3) is 0 Å². The van der Waals surface area contributed by atoms with Crippen LogP contribution in [-0.4, -0.2) is 45.7 Å². The molecule has 0 amide bonds. The Morgan fingerprint density at radius 3 is 2.46 bits per heavy atom. The molecule has 8 nitrogen and oxygen atoms in total. The number of benzene rings is 1. The molecule has 0 aliphatic heterocycles. The van der Waals surface area contributed by atoms with Crippen molar-refractivity contribution >= 4 is 11.9 Å². The molecule has 2 aromatic heterocycles. The van der Waals surface area contributed by atoms with Crippen molar-refractivity contribution in [2.24, 2.45) is 7.05 Å². The van der Waals surface area contributed by atoms with Crippen molar-refractivity contribution in [3.8, 4) is 5.75 Å². The SMILES string of the molecule is COc1ccccc1C(Nc1nc(C(C)C)nc(N(C)C)n1)c1nccn1C. The van der Waals surface area contributed by atoms with Gasteiger partial charge in [-0.3, -0.25) is 0 Å². The molecule has 0 spiro atoms. The first kappa shape index (κ1) is 19.6. The van der Waals surface area contributed by atoms with Crippen molar-refractivity contribution in [3.63, 3.8) is 0 Å². The molecule has 1 atom stereocenters. The molecule has 1 aromatic carbocycles. The van der Waals surface area contributed by atoms with Crippen LogP contribution in [0.3, 0.4) is 0 Å². The smallest absolute Gasteiger partial charge is 0.229 e.